The second-order valence-electron chi connectivity index (χ2n) is 4.29. The molecule has 0 saturated carbocycles. The molecule has 0 fully saturated rings. The van der Waals surface area contributed by atoms with E-state index in [2.05, 4.69) is 0 Å². The molecule has 104 valence electrons. The normalized spacial score (nSPS) is 11.4. The summed E-state index contributed by atoms with van der Waals surface area (Å²) >= 11 is 0. The molecule has 0 amide bonds. The highest BCUT2D eigenvalue weighted by molar-refractivity contribution is 6.01. The molecule has 0 heterocycles. The van der Waals surface area contributed by atoms with Gasteiger partial charge in [0.15, 0.2) is 5.78 Å². The zero-order valence-electron chi connectivity index (χ0n) is 10.5. The third-order valence-electron chi connectivity index (χ3n) is 2.88. The minimum Gasteiger partial charge on any atom is -0.294 e. The lowest BCUT2D eigenvalue weighted by Crippen LogP contribution is -2.08. The van der Waals surface area contributed by atoms with Gasteiger partial charge in [0.05, 0.1) is 5.56 Å². The molecule has 0 saturated heterocycles. The van der Waals surface area contributed by atoms with Gasteiger partial charge in [-0.05, 0) is 36.2 Å². The molecule has 0 radical (unpaired) electrons. The van der Waals surface area contributed by atoms with Crippen LogP contribution >= 0.6 is 0 Å². The standard InChI is InChI=1S/C15H10F4O/c1-9(20)13-8-10(16)6-7-11(13)12-4-2-3-5-14(12)15(17,18)19/h2-8H,1H3. The van der Waals surface area contributed by atoms with Crippen LogP contribution in [0.5, 0.6) is 0 Å². The number of halogens is 4. The summed E-state index contributed by atoms with van der Waals surface area (Å²) in [6, 6.07) is 8.09. The highest BCUT2D eigenvalue weighted by atomic mass is 19.4. The molecule has 0 unspecified atom stereocenters. The quantitative estimate of drug-likeness (QED) is 0.575. The predicted octanol–water partition coefficient (Wildman–Crippen LogP) is 4.71. The summed E-state index contributed by atoms with van der Waals surface area (Å²) in [5.74, 6) is -1.15. The van der Waals surface area contributed by atoms with Crippen molar-refractivity contribution in [1.82, 2.24) is 0 Å². The first-order valence-electron chi connectivity index (χ1n) is 5.78. The zero-order valence-corrected chi connectivity index (χ0v) is 10.5. The van der Waals surface area contributed by atoms with Crippen molar-refractivity contribution in [3.8, 4) is 11.1 Å². The summed E-state index contributed by atoms with van der Waals surface area (Å²) in [5.41, 5.74) is -0.979. The molecule has 0 bridgehead atoms. The minimum absolute atomic E-state index is 0.0679. The SMILES string of the molecule is CC(=O)c1cc(F)ccc1-c1ccccc1C(F)(F)F. The van der Waals surface area contributed by atoms with Crippen molar-refractivity contribution in [1.29, 1.82) is 0 Å². The van der Waals surface area contributed by atoms with E-state index in [0.29, 0.717) is 0 Å². The summed E-state index contributed by atoms with van der Waals surface area (Å²) in [5, 5.41) is 0. The van der Waals surface area contributed by atoms with Crippen molar-refractivity contribution in [2.45, 2.75) is 13.1 Å². The molecule has 1 nitrogen and oxygen atoms in total. The maximum atomic E-state index is 13.2. The molecular formula is C15H10F4O. The van der Waals surface area contributed by atoms with E-state index in [1.807, 2.05) is 0 Å². The van der Waals surface area contributed by atoms with E-state index in [4.69, 9.17) is 0 Å². The van der Waals surface area contributed by atoms with Gasteiger partial charge in [-0.2, -0.15) is 13.2 Å². The second kappa shape index (κ2) is 5.07. The fourth-order valence-electron chi connectivity index (χ4n) is 2.01. The first-order valence-corrected chi connectivity index (χ1v) is 5.78. The lowest BCUT2D eigenvalue weighted by molar-refractivity contribution is -0.137. The Bertz CT molecular complexity index is 659. The molecule has 0 aliphatic carbocycles. The Morgan fingerprint density at radius 3 is 2.25 bits per heavy atom. The minimum atomic E-state index is -4.54. The molecule has 2 aromatic rings. The van der Waals surface area contributed by atoms with Gasteiger partial charge >= 0.3 is 6.18 Å². The number of hydrogen-bond acceptors (Lipinski definition) is 1. The topological polar surface area (TPSA) is 17.1 Å². The van der Waals surface area contributed by atoms with E-state index in [9.17, 15) is 22.4 Å². The third-order valence-corrected chi connectivity index (χ3v) is 2.88. The molecule has 5 heteroatoms. The van der Waals surface area contributed by atoms with Crippen LogP contribution in [-0.2, 0) is 6.18 Å². The van der Waals surface area contributed by atoms with Crippen LogP contribution in [0.25, 0.3) is 11.1 Å². The number of ketones is 1. The number of carbonyl (C=O) groups is 1. The maximum absolute atomic E-state index is 13.2. The van der Waals surface area contributed by atoms with Gasteiger partial charge in [0, 0.05) is 5.56 Å². The van der Waals surface area contributed by atoms with Crippen LogP contribution in [0, 0.1) is 5.82 Å². The smallest absolute Gasteiger partial charge is 0.294 e. The molecule has 0 N–H and O–H groups in total. The fourth-order valence-corrected chi connectivity index (χ4v) is 2.01. The van der Waals surface area contributed by atoms with Gasteiger partial charge in [0.1, 0.15) is 5.82 Å². The van der Waals surface area contributed by atoms with Crippen molar-refractivity contribution >= 4 is 5.78 Å². The van der Waals surface area contributed by atoms with Crippen molar-refractivity contribution in [2.24, 2.45) is 0 Å². The van der Waals surface area contributed by atoms with Gasteiger partial charge in [0.25, 0.3) is 0 Å². The Kier molecular flexibility index (Phi) is 3.61. The van der Waals surface area contributed by atoms with Crippen molar-refractivity contribution < 1.29 is 22.4 Å². The summed E-state index contributed by atoms with van der Waals surface area (Å²) in [6.07, 6.45) is -4.54. The Balaban J connectivity index is 2.73. The van der Waals surface area contributed by atoms with Gasteiger partial charge in [-0.15, -0.1) is 0 Å². The molecule has 2 rings (SSSR count). The van der Waals surface area contributed by atoms with E-state index in [1.165, 1.54) is 31.2 Å². The first-order chi connectivity index (χ1) is 9.30. The summed E-state index contributed by atoms with van der Waals surface area (Å²) in [6.45, 7) is 1.19. The number of hydrogen-bond donors (Lipinski definition) is 0. The first kappa shape index (κ1) is 14.2. The lowest BCUT2D eigenvalue weighted by Gasteiger charge is -2.14. The zero-order chi connectivity index (χ0) is 14.9. The molecule has 0 aromatic heterocycles. The Morgan fingerprint density at radius 1 is 1.00 bits per heavy atom. The van der Waals surface area contributed by atoms with Crippen molar-refractivity contribution in [3.63, 3.8) is 0 Å². The van der Waals surface area contributed by atoms with Crippen LogP contribution in [0.3, 0.4) is 0 Å². The van der Waals surface area contributed by atoms with E-state index >= 15 is 0 Å². The van der Waals surface area contributed by atoms with Crippen molar-refractivity contribution in [2.75, 3.05) is 0 Å². The largest absolute Gasteiger partial charge is 0.417 e. The number of benzene rings is 2. The molecule has 2 aromatic carbocycles. The molecule has 0 spiro atoms. The van der Waals surface area contributed by atoms with E-state index < -0.39 is 23.3 Å². The molecule has 0 aliphatic rings. The van der Waals surface area contributed by atoms with Crippen LogP contribution < -0.4 is 0 Å². The van der Waals surface area contributed by atoms with E-state index in [0.717, 1.165) is 18.2 Å². The number of rotatable bonds is 2. The monoisotopic (exact) mass is 282 g/mol. The van der Waals surface area contributed by atoms with Gasteiger partial charge in [0.2, 0.25) is 0 Å². The van der Waals surface area contributed by atoms with Crippen LogP contribution in [0.2, 0.25) is 0 Å². The second-order valence-corrected chi connectivity index (χ2v) is 4.29. The Morgan fingerprint density at radius 2 is 1.65 bits per heavy atom. The van der Waals surface area contributed by atoms with Crippen LogP contribution in [0.4, 0.5) is 17.6 Å². The third kappa shape index (κ3) is 2.71. The average Bonchev–Trinajstić information content (AvgIpc) is 2.37. The van der Waals surface area contributed by atoms with Crippen LogP contribution in [0.1, 0.15) is 22.8 Å². The van der Waals surface area contributed by atoms with Crippen LogP contribution in [0.15, 0.2) is 42.5 Å². The Labute approximate surface area is 112 Å². The summed E-state index contributed by atoms with van der Waals surface area (Å²) < 4.78 is 52.1. The molecule has 0 atom stereocenters. The predicted molar refractivity (Wildman–Crippen MR) is 66.8 cm³/mol. The maximum Gasteiger partial charge on any atom is 0.417 e. The number of Topliss-reactive ketones (excluding diaryl/α,β-unsaturated/α-hetero) is 1. The van der Waals surface area contributed by atoms with Crippen molar-refractivity contribution in [3.05, 3.63) is 59.4 Å². The number of carbonyl (C=O) groups excluding carboxylic acids is 1. The summed E-state index contributed by atoms with van der Waals surface area (Å²) in [7, 11) is 0. The molecule has 20 heavy (non-hydrogen) atoms. The highest BCUT2D eigenvalue weighted by Crippen LogP contribution is 2.38. The van der Waals surface area contributed by atoms with Gasteiger partial charge in [-0.1, -0.05) is 24.3 Å². The Hall–Kier alpha value is -2.17. The molecule has 0 aliphatic heterocycles. The molecular weight excluding hydrogens is 272 g/mol. The van der Waals surface area contributed by atoms with Crippen LogP contribution in [-0.4, -0.2) is 5.78 Å². The van der Waals surface area contributed by atoms with Gasteiger partial charge < -0.3 is 0 Å². The van der Waals surface area contributed by atoms with Gasteiger partial charge in [-0.25, -0.2) is 4.39 Å². The number of alkyl halides is 3. The highest BCUT2D eigenvalue weighted by Gasteiger charge is 2.33. The lowest BCUT2D eigenvalue weighted by atomic mass is 9.93. The van der Waals surface area contributed by atoms with Gasteiger partial charge in [-0.3, -0.25) is 4.79 Å². The average molecular weight is 282 g/mol. The fraction of sp³-hybridized carbons (Fsp3) is 0.133. The summed E-state index contributed by atoms with van der Waals surface area (Å²) in [4.78, 5) is 11.5. The van der Waals surface area contributed by atoms with E-state index in [-0.39, 0.29) is 16.7 Å². The van der Waals surface area contributed by atoms with E-state index in [1.54, 1.807) is 0 Å².